The summed E-state index contributed by atoms with van der Waals surface area (Å²) in [5.74, 6) is 0.605. The van der Waals surface area contributed by atoms with Crippen molar-refractivity contribution < 1.29 is 0 Å². The van der Waals surface area contributed by atoms with Crippen molar-refractivity contribution in [1.29, 1.82) is 0 Å². The van der Waals surface area contributed by atoms with E-state index >= 15 is 0 Å². The van der Waals surface area contributed by atoms with Crippen LogP contribution in [-0.2, 0) is 0 Å². The molecule has 0 saturated heterocycles. The molecule has 0 aliphatic rings. The molecule has 0 unspecified atom stereocenters. The van der Waals surface area contributed by atoms with E-state index in [9.17, 15) is 0 Å². The molecule has 0 atom stereocenters. The van der Waals surface area contributed by atoms with E-state index in [1.54, 1.807) is 0 Å². The SMILES string of the molecule is CCCCC(=C=CC(C)C)CNC. The third-order valence-corrected chi connectivity index (χ3v) is 1.84. The fraction of sp³-hybridized carbons (Fsp3) is 0.750. The molecule has 0 heterocycles. The second-order valence-electron chi connectivity index (χ2n) is 3.79. The quantitative estimate of drug-likeness (QED) is 0.621. The molecule has 0 spiro atoms. The molecule has 13 heavy (non-hydrogen) atoms. The van der Waals surface area contributed by atoms with Crippen molar-refractivity contribution >= 4 is 0 Å². The van der Waals surface area contributed by atoms with Gasteiger partial charge in [0.2, 0.25) is 0 Å². The van der Waals surface area contributed by atoms with Crippen molar-refractivity contribution in [2.24, 2.45) is 5.92 Å². The summed E-state index contributed by atoms with van der Waals surface area (Å²) in [6.45, 7) is 7.57. The molecule has 0 radical (unpaired) electrons. The molecule has 76 valence electrons. The minimum absolute atomic E-state index is 0.605. The molecule has 0 aromatic heterocycles. The standard InChI is InChI=1S/C12H23N/c1-5-6-7-12(10-13-4)9-8-11(2)3/h8,11,13H,5-7,10H2,1-4H3. The summed E-state index contributed by atoms with van der Waals surface area (Å²) in [6.07, 6.45) is 5.87. The van der Waals surface area contributed by atoms with Crippen LogP contribution in [0.15, 0.2) is 17.4 Å². The first kappa shape index (κ1) is 12.5. The molecule has 1 heteroatoms. The molecule has 0 rings (SSSR count). The second kappa shape index (κ2) is 8.10. The lowest BCUT2D eigenvalue weighted by atomic mass is 10.1. The minimum Gasteiger partial charge on any atom is -0.315 e. The third-order valence-electron chi connectivity index (χ3n) is 1.84. The van der Waals surface area contributed by atoms with Crippen LogP contribution >= 0.6 is 0 Å². The van der Waals surface area contributed by atoms with Gasteiger partial charge in [0.05, 0.1) is 0 Å². The number of nitrogens with one attached hydrogen (secondary N) is 1. The molecule has 1 nitrogen and oxygen atoms in total. The maximum Gasteiger partial charge on any atom is 0.0237 e. The van der Waals surface area contributed by atoms with E-state index in [1.165, 1.54) is 24.8 Å². The normalized spacial score (nSPS) is 9.92. The maximum absolute atomic E-state index is 3.38. The monoisotopic (exact) mass is 181 g/mol. The van der Waals surface area contributed by atoms with Crippen LogP contribution in [0.25, 0.3) is 0 Å². The van der Waals surface area contributed by atoms with E-state index in [2.05, 4.69) is 37.9 Å². The molecule has 0 bridgehead atoms. The van der Waals surface area contributed by atoms with Crippen molar-refractivity contribution in [2.75, 3.05) is 13.6 Å². The van der Waals surface area contributed by atoms with Gasteiger partial charge in [-0.1, -0.05) is 27.2 Å². The van der Waals surface area contributed by atoms with Gasteiger partial charge in [0.25, 0.3) is 0 Å². The lowest BCUT2D eigenvalue weighted by Gasteiger charge is -2.02. The molecule has 0 aliphatic carbocycles. The van der Waals surface area contributed by atoms with Gasteiger partial charge in [0, 0.05) is 6.54 Å². The summed E-state index contributed by atoms with van der Waals surface area (Å²) in [5, 5.41) is 3.18. The molecule has 0 saturated carbocycles. The average Bonchev–Trinajstić information content (AvgIpc) is 2.09. The molecule has 0 amide bonds. The van der Waals surface area contributed by atoms with E-state index < -0.39 is 0 Å². The lowest BCUT2D eigenvalue weighted by Crippen LogP contribution is -2.09. The van der Waals surface area contributed by atoms with Crippen LogP contribution in [-0.4, -0.2) is 13.6 Å². The largest absolute Gasteiger partial charge is 0.315 e. The van der Waals surface area contributed by atoms with Gasteiger partial charge in [-0.15, -0.1) is 5.73 Å². The fourth-order valence-corrected chi connectivity index (χ4v) is 1.10. The number of rotatable bonds is 6. The van der Waals surface area contributed by atoms with Gasteiger partial charge in [-0.25, -0.2) is 0 Å². The smallest absolute Gasteiger partial charge is 0.0237 e. The van der Waals surface area contributed by atoms with Gasteiger partial charge in [0.15, 0.2) is 0 Å². The number of hydrogen-bond acceptors (Lipinski definition) is 1. The van der Waals surface area contributed by atoms with E-state index in [1.807, 2.05) is 7.05 Å². The van der Waals surface area contributed by atoms with Crippen LogP contribution in [0.4, 0.5) is 0 Å². The Morgan fingerprint density at radius 3 is 2.62 bits per heavy atom. The van der Waals surface area contributed by atoms with Crippen molar-refractivity contribution in [3.8, 4) is 0 Å². The number of hydrogen-bond donors (Lipinski definition) is 1. The van der Waals surface area contributed by atoms with Crippen LogP contribution < -0.4 is 5.32 Å². The Balaban J connectivity index is 4.13. The summed E-state index contributed by atoms with van der Waals surface area (Å²) < 4.78 is 0. The van der Waals surface area contributed by atoms with Crippen LogP contribution in [0.5, 0.6) is 0 Å². The highest BCUT2D eigenvalue weighted by molar-refractivity contribution is 5.04. The van der Waals surface area contributed by atoms with Crippen LogP contribution in [0.3, 0.4) is 0 Å². The summed E-state index contributed by atoms with van der Waals surface area (Å²) >= 11 is 0. The predicted octanol–water partition coefficient (Wildman–Crippen LogP) is 3.13. The van der Waals surface area contributed by atoms with Gasteiger partial charge in [-0.05, 0) is 37.5 Å². The van der Waals surface area contributed by atoms with E-state index in [4.69, 9.17) is 0 Å². The molecular formula is C12H23N. The first-order chi connectivity index (χ1) is 6.20. The van der Waals surface area contributed by atoms with Crippen molar-refractivity contribution in [1.82, 2.24) is 5.32 Å². The minimum atomic E-state index is 0.605. The molecule has 0 aliphatic heterocycles. The van der Waals surface area contributed by atoms with Crippen LogP contribution in [0, 0.1) is 5.92 Å². The Morgan fingerprint density at radius 1 is 1.46 bits per heavy atom. The van der Waals surface area contributed by atoms with Gasteiger partial charge in [0.1, 0.15) is 0 Å². The molecule has 0 aromatic rings. The fourth-order valence-electron chi connectivity index (χ4n) is 1.10. The van der Waals surface area contributed by atoms with E-state index in [0.29, 0.717) is 5.92 Å². The Bertz CT molecular complexity index is 174. The zero-order chi connectivity index (χ0) is 10.1. The highest BCUT2D eigenvalue weighted by Gasteiger charge is 1.93. The Morgan fingerprint density at radius 2 is 2.15 bits per heavy atom. The van der Waals surface area contributed by atoms with Gasteiger partial charge in [-0.3, -0.25) is 0 Å². The van der Waals surface area contributed by atoms with Crippen molar-refractivity contribution in [3.63, 3.8) is 0 Å². The Hall–Kier alpha value is -0.520. The molecular weight excluding hydrogens is 158 g/mol. The Kier molecular flexibility index (Phi) is 7.77. The predicted molar refractivity (Wildman–Crippen MR) is 59.9 cm³/mol. The zero-order valence-electron chi connectivity index (χ0n) is 9.48. The third kappa shape index (κ3) is 7.83. The molecule has 0 fully saturated rings. The number of unbranched alkanes of at least 4 members (excludes halogenated alkanes) is 1. The first-order valence-corrected chi connectivity index (χ1v) is 5.29. The topological polar surface area (TPSA) is 12.0 Å². The van der Waals surface area contributed by atoms with Gasteiger partial charge in [-0.2, -0.15) is 0 Å². The van der Waals surface area contributed by atoms with Crippen molar-refractivity contribution in [3.05, 3.63) is 17.4 Å². The average molecular weight is 181 g/mol. The van der Waals surface area contributed by atoms with E-state index in [-0.39, 0.29) is 0 Å². The second-order valence-corrected chi connectivity index (χ2v) is 3.79. The zero-order valence-corrected chi connectivity index (χ0v) is 9.48. The van der Waals surface area contributed by atoms with Gasteiger partial charge < -0.3 is 5.32 Å². The van der Waals surface area contributed by atoms with Crippen LogP contribution in [0.1, 0.15) is 40.0 Å². The van der Waals surface area contributed by atoms with Gasteiger partial charge >= 0.3 is 0 Å². The lowest BCUT2D eigenvalue weighted by molar-refractivity contribution is 0.744. The number of likely N-dealkylation sites (N-methyl/N-ethyl adjacent to an activating group) is 1. The summed E-state index contributed by atoms with van der Waals surface area (Å²) in [4.78, 5) is 0. The maximum atomic E-state index is 3.38. The summed E-state index contributed by atoms with van der Waals surface area (Å²) in [6, 6.07) is 0. The van der Waals surface area contributed by atoms with E-state index in [0.717, 1.165) is 6.54 Å². The molecule has 1 N–H and O–H groups in total. The molecule has 0 aromatic carbocycles. The Labute approximate surface area is 82.9 Å². The van der Waals surface area contributed by atoms with Crippen LogP contribution in [0.2, 0.25) is 0 Å². The van der Waals surface area contributed by atoms with Crippen molar-refractivity contribution in [2.45, 2.75) is 40.0 Å². The highest BCUT2D eigenvalue weighted by Crippen LogP contribution is 2.05. The first-order valence-electron chi connectivity index (χ1n) is 5.29. The summed E-state index contributed by atoms with van der Waals surface area (Å²) in [5.41, 5.74) is 4.79. The highest BCUT2D eigenvalue weighted by atomic mass is 14.8. The summed E-state index contributed by atoms with van der Waals surface area (Å²) in [7, 11) is 1.99.